The van der Waals surface area contributed by atoms with Crippen LogP contribution >= 0.6 is 11.8 Å². The summed E-state index contributed by atoms with van der Waals surface area (Å²) in [5.74, 6) is 1.89. The average Bonchev–Trinajstić information content (AvgIpc) is 3.09. The zero-order valence-electron chi connectivity index (χ0n) is 14.0. The zero-order valence-corrected chi connectivity index (χ0v) is 14.9. The number of ether oxygens (including phenoxy) is 1. The normalized spacial score (nSPS) is 12.1. The van der Waals surface area contributed by atoms with Crippen LogP contribution < -0.4 is 10.1 Å². The van der Waals surface area contributed by atoms with Crippen molar-refractivity contribution in [2.45, 2.75) is 12.5 Å². The van der Waals surface area contributed by atoms with Crippen LogP contribution in [0.5, 0.6) is 5.88 Å². The standard InChI is InChI=1S/C17H19N5O2S/c1-24-15-7-6-12(11-18-15)17(23)19-13(8-10-25-2)16-21-20-14-5-3-4-9-22(14)16/h3-7,9,11,13H,8,10H2,1-2H3,(H,19,23). The molecule has 0 aliphatic carbocycles. The van der Waals surface area contributed by atoms with Crippen molar-refractivity contribution in [1.29, 1.82) is 0 Å². The Morgan fingerprint density at radius 1 is 1.32 bits per heavy atom. The van der Waals surface area contributed by atoms with Gasteiger partial charge in [-0.1, -0.05) is 6.07 Å². The molecule has 0 aliphatic heterocycles. The molecule has 0 bridgehead atoms. The van der Waals surface area contributed by atoms with Gasteiger partial charge in [0.05, 0.1) is 18.7 Å². The highest BCUT2D eigenvalue weighted by atomic mass is 32.2. The fraction of sp³-hybridized carbons (Fsp3) is 0.294. The maximum atomic E-state index is 12.6. The number of aromatic nitrogens is 4. The van der Waals surface area contributed by atoms with Gasteiger partial charge in [0.1, 0.15) is 0 Å². The fourth-order valence-corrected chi connectivity index (χ4v) is 2.95. The van der Waals surface area contributed by atoms with Crippen molar-refractivity contribution in [2.24, 2.45) is 0 Å². The Bertz CT molecular complexity index is 850. The van der Waals surface area contributed by atoms with E-state index in [1.165, 1.54) is 13.3 Å². The minimum Gasteiger partial charge on any atom is -0.481 e. The predicted octanol–water partition coefficient (Wildman–Crippen LogP) is 2.36. The summed E-state index contributed by atoms with van der Waals surface area (Å²) in [6.45, 7) is 0. The Labute approximate surface area is 149 Å². The Balaban J connectivity index is 1.84. The van der Waals surface area contributed by atoms with E-state index in [0.717, 1.165) is 23.6 Å². The van der Waals surface area contributed by atoms with E-state index in [1.807, 2.05) is 35.1 Å². The van der Waals surface area contributed by atoms with Crippen molar-refractivity contribution >= 4 is 23.3 Å². The van der Waals surface area contributed by atoms with E-state index >= 15 is 0 Å². The van der Waals surface area contributed by atoms with Crippen LogP contribution in [0.15, 0.2) is 42.7 Å². The molecule has 1 N–H and O–H groups in total. The van der Waals surface area contributed by atoms with Crippen LogP contribution in [0.25, 0.3) is 5.65 Å². The van der Waals surface area contributed by atoms with Crippen LogP contribution in [-0.2, 0) is 0 Å². The summed E-state index contributed by atoms with van der Waals surface area (Å²) < 4.78 is 6.92. The second kappa shape index (κ2) is 7.98. The Morgan fingerprint density at radius 3 is 2.92 bits per heavy atom. The van der Waals surface area contributed by atoms with Gasteiger partial charge in [-0.25, -0.2) is 4.98 Å². The number of thioether (sulfide) groups is 1. The second-order valence-electron chi connectivity index (χ2n) is 5.38. The lowest BCUT2D eigenvalue weighted by molar-refractivity contribution is 0.0933. The number of pyridine rings is 2. The van der Waals surface area contributed by atoms with Crippen LogP contribution in [0.4, 0.5) is 0 Å². The summed E-state index contributed by atoms with van der Waals surface area (Å²) in [4.78, 5) is 16.7. The van der Waals surface area contributed by atoms with Gasteiger partial charge in [-0.3, -0.25) is 9.20 Å². The molecule has 7 nitrogen and oxygen atoms in total. The maximum absolute atomic E-state index is 12.6. The van der Waals surface area contributed by atoms with Gasteiger partial charge < -0.3 is 10.1 Å². The summed E-state index contributed by atoms with van der Waals surface area (Å²) in [7, 11) is 1.54. The third-order valence-corrected chi connectivity index (χ3v) is 4.42. The largest absolute Gasteiger partial charge is 0.481 e. The van der Waals surface area contributed by atoms with Crippen LogP contribution in [0.2, 0.25) is 0 Å². The van der Waals surface area contributed by atoms with Gasteiger partial charge in [-0.15, -0.1) is 10.2 Å². The number of nitrogens with zero attached hydrogens (tertiary/aromatic N) is 4. The molecule has 3 heterocycles. The molecule has 0 fully saturated rings. The highest BCUT2D eigenvalue weighted by molar-refractivity contribution is 7.98. The lowest BCUT2D eigenvalue weighted by atomic mass is 10.2. The van der Waals surface area contributed by atoms with Gasteiger partial charge >= 0.3 is 0 Å². The van der Waals surface area contributed by atoms with Crippen molar-refractivity contribution in [2.75, 3.05) is 19.1 Å². The minimum atomic E-state index is -0.237. The van der Waals surface area contributed by atoms with Crippen molar-refractivity contribution < 1.29 is 9.53 Å². The third-order valence-electron chi connectivity index (χ3n) is 3.78. The Kier molecular flexibility index (Phi) is 5.49. The van der Waals surface area contributed by atoms with Gasteiger partial charge in [0.15, 0.2) is 11.5 Å². The summed E-state index contributed by atoms with van der Waals surface area (Å²) in [5, 5.41) is 11.5. The van der Waals surface area contributed by atoms with Crippen LogP contribution in [0.1, 0.15) is 28.6 Å². The van der Waals surface area contributed by atoms with E-state index in [4.69, 9.17) is 4.74 Å². The monoisotopic (exact) mass is 357 g/mol. The molecule has 1 amide bonds. The first kappa shape index (κ1) is 17.2. The molecule has 0 radical (unpaired) electrons. The first-order valence-electron chi connectivity index (χ1n) is 7.82. The van der Waals surface area contributed by atoms with E-state index in [1.54, 1.807) is 23.9 Å². The van der Waals surface area contributed by atoms with E-state index in [0.29, 0.717) is 11.4 Å². The summed E-state index contributed by atoms with van der Waals surface area (Å²) >= 11 is 1.72. The van der Waals surface area contributed by atoms with E-state index < -0.39 is 0 Å². The smallest absolute Gasteiger partial charge is 0.253 e. The molecule has 0 aromatic carbocycles. The molecule has 1 unspecified atom stereocenters. The van der Waals surface area contributed by atoms with Crippen LogP contribution in [0, 0.1) is 0 Å². The van der Waals surface area contributed by atoms with Crippen LogP contribution in [0.3, 0.4) is 0 Å². The number of methoxy groups -OCH3 is 1. The van der Waals surface area contributed by atoms with E-state index in [2.05, 4.69) is 20.5 Å². The van der Waals surface area contributed by atoms with Gasteiger partial charge in [-0.2, -0.15) is 11.8 Å². The number of carbonyl (C=O) groups excluding carboxylic acids is 1. The second-order valence-corrected chi connectivity index (χ2v) is 6.37. The Morgan fingerprint density at radius 2 is 2.20 bits per heavy atom. The van der Waals surface area contributed by atoms with Gasteiger partial charge in [0, 0.05) is 18.5 Å². The van der Waals surface area contributed by atoms with Gasteiger partial charge in [-0.05, 0) is 36.6 Å². The number of hydrogen-bond donors (Lipinski definition) is 1. The molecular formula is C17H19N5O2S. The van der Waals surface area contributed by atoms with Crippen molar-refractivity contribution in [3.8, 4) is 5.88 Å². The zero-order chi connectivity index (χ0) is 17.6. The summed E-state index contributed by atoms with van der Waals surface area (Å²) in [6, 6.07) is 8.83. The maximum Gasteiger partial charge on any atom is 0.253 e. The van der Waals surface area contributed by atoms with E-state index in [9.17, 15) is 4.79 Å². The summed E-state index contributed by atoms with van der Waals surface area (Å²) in [5.41, 5.74) is 1.23. The predicted molar refractivity (Wildman–Crippen MR) is 97.0 cm³/mol. The molecule has 0 saturated carbocycles. The highest BCUT2D eigenvalue weighted by Crippen LogP contribution is 2.19. The lowest BCUT2D eigenvalue weighted by Crippen LogP contribution is -2.30. The lowest BCUT2D eigenvalue weighted by Gasteiger charge is -2.17. The first-order valence-corrected chi connectivity index (χ1v) is 9.22. The molecule has 3 aromatic heterocycles. The highest BCUT2D eigenvalue weighted by Gasteiger charge is 2.21. The van der Waals surface area contributed by atoms with E-state index in [-0.39, 0.29) is 11.9 Å². The molecule has 0 aliphatic rings. The molecule has 3 aromatic rings. The molecule has 130 valence electrons. The average molecular weight is 357 g/mol. The topological polar surface area (TPSA) is 81.4 Å². The SMILES string of the molecule is COc1ccc(C(=O)NC(CCSC)c2nnc3ccccn23)cn1. The summed E-state index contributed by atoms with van der Waals surface area (Å²) in [6.07, 6.45) is 6.19. The molecule has 8 heteroatoms. The minimum absolute atomic E-state index is 0.200. The van der Waals surface area contributed by atoms with Crippen molar-refractivity contribution in [3.05, 3.63) is 54.1 Å². The van der Waals surface area contributed by atoms with Crippen molar-refractivity contribution in [1.82, 2.24) is 24.9 Å². The number of amides is 1. The number of carbonyl (C=O) groups is 1. The number of rotatable bonds is 7. The number of nitrogens with one attached hydrogen (secondary N) is 1. The van der Waals surface area contributed by atoms with Crippen molar-refractivity contribution in [3.63, 3.8) is 0 Å². The molecule has 0 saturated heterocycles. The molecule has 0 spiro atoms. The molecular weight excluding hydrogens is 338 g/mol. The van der Waals surface area contributed by atoms with Gasteiger partial charge in [0.25, 0.3) is 5.91 Å². The quantitative estimate of drug-likeness (QED) is 0.699. The van der Waals surface area contributed by atoms with Gasteiger partial charge in [0.2, 0.25) is 5.88 Å². The van der Waals surface area contributed by atoms with Crippen LogP contribution in [-0.4, -0.2) is 44.6 Å². The Hall–Kier alpha value is -2.61. The first-order chi connectivity index (χ1) is 12.2. The number of fused-ring (bicyclic) bond motifs is 1. The third kappa shape index (κ3) is 3.90. The molecule has 25 heavy (non-hydrogen) atoms. The number of hydrogen-bond acceptors (Lipinski definition) is 6. The molecule has 1 atom stereocenters. The molecule has 3 rings (SSSR count). The fourth-order valence-electron chi connectivity index (χ4n) is 2.48.